The quantitative estimate of drug-likeness (QED) is 0.801. The Morgan fingerprint density at radius 2 is 1.68 bits per heavy atom. The summed E-state index contributed by atoms with van der Waals surface area (Å²) in [7, 11) is -1.62. The first-order chi connectivity index (χ1) is 11.7. The predicted octanol–water partition coefficient (Wildman–Crippen LogP) is 0.185. The predicted molar refractivity (Wildman–Crippen MR) is 97.0 cm³/mol. The molecule has 0 saturated carbocycles. The number of carbonyl (C=O) groups is 2. The van der Waals surface area contributed by atoms with Crippen molar-refractivity contribution in [2.45, 2.75) is 6.92 Å². The zero-order chi connectivity index (χ0) is 18.6. The van der Waals surface area contributed by atoms with Gasteiger partial charge in [0.1, 0.15) is 6.54 Å². The van der Waals surface area contributed by atoms with Crippen LogP contribution >= 0.6 is 0 Å². The standard InChI is InChI=1S/C16H24N4O4S/c1-13(21)17-14-4-6-15(7-5-14)20(25(3,23)24)12-16(22)19-10-8-18(2)9-11-19/h4-7H,8-12H2,1-3H3,(H,17,21). The average Bonchev–Trinajstić information content (AvgIpc) is 2.52. The Morgan fingerprint density at radius 3 is 2.16 bits per heavy atom. The Hall–Kier alpha value is -2.13. The van der Waals surface area contributed by atoms with Gasteiger partial charge in [0, 0.05) is 38.8 Å². The summed E-state index contributed by atoms with van der Waals surface area (Å²) >= 11 is 0. The molecule has 1 aromatic carbocycles. The van der Waals surface area contributed by atoms with E-state index in [1.54, 1.807) is 29.2 Å². The number of hydrogen-bond donors (Lipinski definition) is 1. The first kappa shape index (κ1) is 19.2. The second kappa shape index (κ2) is 7.83. The lowest BCUT2D eigenvalue weighted by atomic mass is 10.2. The number of carbonyl (C=O) groups excluding carboxylic acids is 2. The molecule has 1 N–H and O–H groups in total. The lowest BCUT2D eigenvalue weighted by Crippen LogP contribution is -2.50. The molecule has 1 aliphatic rings. The zero-order valence-electron chi connectivity index (χ0n) is 14.7. The molecule has 2 amide bonds. The van der Waals surface area contributed by atoms with Gasteiger partial charge in [-0.05, 0) is 31.3 Å². The molecule has 25 heavy (non-hydrogen) atoms. The van der Waals surface area contributed by atoms with E-state index in [-0.39, 0.29) is 18.4 Å². The van der Waals surface area contributed by atoms with Crippen LogP contribution in [0.25, 0.3) is 0 Å². The molecular formula is C16H24N4O4S. The van der Waals surface area contributed by atoms with Crippen LogP contribution in [-0.2, 0) is 19.6 Å². The number of likely N-dealkylation sites (N-methyl/N-ethyl adjacent to an activating group) is 1. The third-order valence-corrected chi connectivity index (χ3v) is 5.15. The van der Waals surface area contributed by atoms with E-state index in [0.717, 1.165) is 23.7 Å². The lowest BCUT2D eigenvalue weighted by Gasteiger charge is -2.34. The highest BCUT2D eigenvalue weighted by molar-refractivity contribution is 7.92. The van der Waals surface area contributed by atoms with Gasteiger partial charge in [0.2, 0.25) is 21.8 Å². The highest BCUT2D eigenvalue weighted by atomic mass is 32.2. The molecule has 0 unspecified atom stereocenters. The van der Waals surface area contributed by atoms with Crippen LogP contribution in [-0.4, -0.2) is 76.1 Å². The summed E-state index contributed by atoms with van der Waals surface area (Å²) in [6, 6.07) is 6.36. The number of amides is 2. The van der Waals surface area contributed by atoms with Crippen LogP contribution in [0.15, 0.2) is 24.3 Å². The minimum absolute atomic E-state index is 0.210. The van der Waals surface area contributed by atoms with Crippen LogP contribution in [0.5, 0.6) is 0 Å². The van der Waals surface area contributed by atoms with Gasteiger partial charge in [0.15, 0.2) is 0 Å². The fourth-order valence-electron chi connectivity index (χ4n) is 2.59. The van der Waals surface area contributed by atoms with Gasteiger partial charge in [-0.3, -0.25) is 13.9 Å². The zero-order valence-corrected chi connectivity index (χ0v) is 15.5. The van der Waals surface area contributed by atoms with E-state index >= 15 is 0 Å². The summed E-state index contributed by atoms with van der Waals surface area (Å²) in [4.78, 5) is 27.4. The topological polar surface area (TPSA) is 90.0 Å². The number of rotatable bonds is 5. The van der Waals surface area contributed by atoms with Crippen molar-refractivity contribution < 1.29 is 18.0 Å². The van der Waals surface area contributed by atoms with E-state index in [0.29, 0.717) is 24.5 Å². The third kappa shape index (κ3) is 5.43. The van der Waals surface area contributed by atoms with Crippen LogP contribution in [0, 0.1) is 0 Å². The van der Waals surface area contributed by atoms with Gasteiger partial charge >= 0.3 is 0 Å². The Balaban J connectivity index is 2.14. The number of anilines is 2. The number of piperazine rings is 1. The fourth-order valence-corrected chi connectivity index (χ4v) is 3.44. The van der Waals surface area contributed by atoms with Crippen molar-refractivity contribution in [2.24, 2.45) is 0 Å². The van der Waals surface area contributed by atoms with E-state index in [4.69, 9.17) is 0 Å². The molecule has 2 rings (SSSR count). The van der Waals surface area contributed by atoms with E-state index in [1.807, 2.05) is 7.05 Å². The van der Waals surface area contributed by atoms with Crippen LogP contribution in [0.3, 0.4) is 0 Å². The van der Waals surface area contributed by atoms with Crippen molar-refractivity contribution >= 4 is 33.2 Å². The Labute approximate surface area is 148 Å². The fraction of sp³-hybridized carbons (Fsp3) is 0.500. The largest absolute Gasteiger partial charge is 0.339 e. The normalized spacial score (nSPS) is 15.7. The highest BCUT2D eigenvalue weighted by Gasteiger charge is 2.25. The van der Waals surface area contributed by atoms with Crippen molar-refractivity contribution in [1.29, 1.82) is 0 Å². The number of nitrogens with zero attached hydrogens (tertiary/aromatic N) is 3. The summed E-state index contributed by atoms with van der Waals surface area (Å²) in [5, 5.41) is 2.62. The molecule has 1 fully saturated rings. The van der Waals surface area contributed by atoms with Gasteiger partial charge in [0.25, 0.3) is 0 Å². The lowest BCUT2D eigenvalue weighted by molar-refractivity contribution is -0.131. The Morgan fingerprint density at radius 1 is 1.12 bits per heavy atom. The molecular weight excluding hydrogens is 344 g/mol. The molecule has 0 atom stereocenters. The van der Waals surface area contributed by atoms with E-state index in [1.165, 1.54) is 6.92 Å². The maximum Gasteiger partial charge on any atom is 0.243 e. The molecule has 9 heteroatoms. The Kier molecular flexibility index (Phi) is 6.02. The summed E-state index contributed by atoms with van der Waals surface area (Å²) < 4.78 is 25.4. The summed E-state index contributed by atoms with van der Waals surface area (Å²) in [6.45, 7) is 3.89. The van der Waals surface area contributed by atoms with E-state index in [9.17, 15) is 18.0 Å². The number of nitrogens with one attached hydrogen (secondary N) is 1. The van der Waals surface area contributed by atoms with Crippen LogP contribution in [0.2, 0.25) is 0 Å². The minimum atomic E-state index is -3.61. The first-order valence-electron chi connectivity index (χ1n) is 7.98. The van der Waals surface area contributed by atoms with Gasteiger partial charge in [-0.2, -0.15) is 0 Å². The van der Waals surface area contributed by atoms with Crippen LogP contribution < -0.4 is 9.62 Å². The van der Waals surface area contributed by atoms with Gasteiger partial charge in [-0.1, -0.05) is 0 Å². The molecule has 1 heterocycles. The molecule has 0 bridgehead atoms. The second-order valence-corrected chi connectivity index (χ2v) is 8.09. The SMILES string of the molecule is CC(=O)Nc1ccc(N(CC(=O)N2CCN(C)CC2)S(C)(=O)=O)cc1. The summed E-state index contributed by atoms with van der Waals surface area (Å²) in [5.74, 6) is -0.428. The molecule has 0 aromatic heterocycles. The monoisotopic (exact) mass is 368 g/mol. The molecule has 138 valence electrons. The van der Waals surface area contributed by atoms with Crippen molar-refractivity contribution in [1.82, 2.24) is 9.80 Å². The number of hydrogen-bond acceptors (Lipinski definition) is 5. The van der Waals surface area contributed by atoms with Gasteiger partial charge in [-0.25, -0.2) is 8.42 Å². The molecule has 1 saturated heterocycles. The molecule has 0 aliphatic carbocycles. The highest BCUT2D eigenvalue weighted by Crippen LogP contribution is 2.20. The van der Waals surface area contributed by atoms with Crippen molar-refractivity contribution in [3.05, 3.63) is 24.3 Å². The molecule has 1 aromatic rings. The first-order valence-corrected chi connectivity index (χ1v) is 9.83. The molecule has 0 spiro atoms. The van der Waals surface area contributed by atoms with E-state index < -0.39 is 10.0 Å². The number of benzene rings is 1. The maximum atomic E-state index is 12.5. The summed E-state index contributed by atoms with van der Waals surface area (Å²) in [6.07, 6.45) is 1.08. The smallest absolute Gasteiger partial charge is 0.243 e. The van der Waals surface area contributed by atoms with E-state index in [2.05, 4.69) is 10.2 Å². The molecule has 0 radical (unpaired) electrons. The minimum Gasteiger partial charge on any atom is -0.339 e. The Bertz CT molecular complexity index is 725. The van der Waals surface area contributed by atoms with Gasteiger partial charge in [0.05, 0.1) is 11.9 Å². The molecule has 8 nitrogen and oxygen atoms in total. The van der Waals surface area contributed by atoms with Gasteiger partial charge in [-0.15, -0.1) is 0 Å². The average molecular weight is 368 g/mol. The second-order valence-electron chi connectivity index (χ2n) is 6.18. The van der Waals surface area contributed by atoms with Crippen molar-refractivity contribution in [3.63, 3.8) is 0 Å². The van der Waals surface area contributed by atoms with Crippen molar-refractivity contribution in [2.75, 3.05) is 55.6 Å². The van der Waals surface area contributed by atoms with Gasteiger partial charge < -0.3 is 15.1 Å². The third-order valence-electron chi connectivity index (χ3n) is 4.01. The van der Waals surface area contributed by atoms with Crippen LogP contribution in [0.1, 0.15) is 6.92 Å². The van der Waals surface area contributed by atoms with Crippen molar-refractivity contribution in [3.8, 4) is 0 Å². The maximum absolute atomic E-state index is 12.5. The number of sulfonamides is 1. The van der Waals surface area contributed by atoms with Crippen LogP contribution in [0.4, 0.5) is 11.4 Å². The summed E-state index contributed by atoms with van der Waals surface area (Å²) in [5.41, 5.74) is 0.953. The molecule has 1 aliphatic heterocycles.